The lowest BCUT2D eigenvalue weighted by Gasteiger charge is -2.00. The van der Waals surface area contributed by atoms with Gasteiger partial charge in [-0.15, -0.1) is 0 Å². The zero-order chi connectivity index (χ0) is 11.5. The predicted molar refractivity (Wildman–Crippen MR) is 60.7 cm³/mol. The van der Waals surface area contributed by atoms with E-state index in [4.69, 9.17) is 0 Å². The second kappa shape index (κ2) is 3.03. The summed E-state index contributed by atoms with van der Waals surface area (Å²) in [6.45, 7) is 0. The number of hydrogen-bond acceptors (Lipinski definition) is 1. The fourth-order valence-corrected chi connectivity index (χ4v) is 2.34. The van der Waals surface area contributed by atoms with E-state index in [-0.39, 0.29) is 6.42 Å². The van der Waals surface area contributed by atoms with E-state index in [9.17, 15) is 8.78 Å². The molecular formula is C11H9BrF2N2. The molecule has 0 aliphatic heterocycles. The number of aromatic nitrogens is 2. The zero-order valence-corrected chi connectivity index (χ0v) is 10.1. The monoisotopic (exact) mass is 286 g/mol. The lowest BCUT2D eigenvalue weighted by molar-refractivity contribution is 0.110. The van der Waals surface area contributed by atoms with Crippen molar-refractivity contribution in [3.63, 3.8) is 0 Å². The Morgan fingerprint density at radius 3 is 2.81 bits per heavy atom. The lowest BCUT2D eigenvalue weighted by Crippen LogP contribution is -2.00. The SMILES string of the molecule is Cn1c([C@H]2CC2(F)F)nc2ccc(Br)cc21. The first-order chi connectivity index (χ1) is 7.49. The van der Waals surface area contributed by atoms with Crippen molar-refractivity contribution in [1.29, 1.82) is 0 Å². The molecule has 0 radical (unpaired) electrons. The average Bonchev–Trinajstić information content (AvgIpc) is 2.72. The van der Waals surface area contributed by atoms with Crippen LogP contribution in [0.3, 0.4) is 0 Å². The van der Waals surface area contributed by atoms with Crippen molar-refractivity contribution < 1.29 is 8.78 Å². The Morgan fingerprint density at radius 1 is 1.50 bits per heavy atom. The number of benzene rings is 1. The van der Waals surface area contributed by atoms with E-state index in [1.54, 1.807) is 11.6 Å². The number of aryl methyl sites for hydroxylation is 1. The molecule has 1 aliphatic carbocycles. The number of alkyl halides is 2. The summed E-state index contributed by atoms with van der Waals surface area (Å²) in [6, 6.07) is 5.60. The van der Waals surface area contributed by atoms with Crippen LogP contribution < -0.4 is 0 Å². The van der Waals surface area contributed by atoms with E-state index in [0.29, 0.717) is 5.82 Å². The minimum Gasteiger partial charge on any atom is -0.331 e. The summed E-state index contributed by atoms with van der Waals surface area (Å²) in [5.74, 6) is -2.78. The van der Waals surface area contributed by atoms with Crippen LogP contribution in [-0.2, 0) is 7.05 Å². The summed E-state index contributed by atoms with van der Waals surface area (Å²) in [7, 11) is 1.78. The molecule has 0 saturated heterocycles. The molecule has 1 aromatic heterocycles. The maximum atomic E-state index is 13.0. The largest absolute Gasteiger partial charge is 0.331 e. The maximum absolute atomic E-state index is 13.0. The van der Waals surface area contributed by atoms with Gasteiger partial charge in [-0.1, -0.05) is 15.9 Å². The third-order valence-electron chi connectivity index (χ3n) is 3.02. The van der Waals surface area contributed by atoms with Crippen molar-refractivity contribution in [2.24, 2.45) is 7.05 Å². The molecule has 1 aliphatic rings. The highest BCUT2D eigenvalue weighted by Crippen LogP contribution is 2.55. The van der Waals surface area contributed by atoms with E-state index in [1.165, 1.54) is 0 Å². The van der Waals surface area contributed by atoms with Crippen molar-refractivity contribution >= 4 is 27.0 Å². The van der Waals surface area contributed by atoms with Gasteiger partial charge < -0.3 is 4.57 Å². The van der Waals surface area contributed by atoms with Crippen LogP contribution in [0.1, 0.15) is 18.2 Å². The Kier molecular flexibility index (Phi) is 1.93. The van der Waals surface area contributed by atoms with Crippen molar-refractivity contribution in [2.75, 3.05) is 0 Å². The van der Waals surface area contributed by atoms with E-state index in [1.807, 2.05) is 18.2 Å². The first-order valence-electron chi connectivity index (χ1n) is 4.99. The molecule has 0 spiro atoms. The molecule has 2 nitrogen and oxygen atoms in total. The molecule has 1 saturated carbocycles. The molecule has 84 valence electrons. The van der Waals surface area contributed by atoms with Gasteiger partial charge in [0.15, 0.2) is 0 Å². The van der Waals surface area contributed by atoms with Crippen molar-refractivity contribution in [2.45, 2.75) is 18.3 Å². The first-order valence-corrected chi connectivity index (χ1v) is 5.78. The van der Waals surface area contributed by atoms with E-state index in [2.05, 4.69) is 20.9 Å². The molecule has 0 unspecified atom stereocenters. The number of hydrogen-bond donors (Lipinski definition) is 0. The number of fused-ring (bicyclic) bond motifs is 1. The molecule has 1 fully saturated rings. The molecule has 0 amide bonds. The number of nitrogens with zero attached hydrogens (tertiary/aromatic N) is 2. The third-order valence-corrected chi connectivity index (χ3v) is 3.51. The Bertz CT molecular complexity index is 577. The zero-order valence-electron chi connectivity index (χ0n) is 8.54. The van der Waals surface area contributed by atoms with Gasteiger partial charge >= 0.3 is 0 Å². The first kappa shape index (κ1) is 10.2. The van der Waals surface area contributed by atoms with E-state index >= 15 is 0 Å². The van der Waals surface area contributed by atoms with Crippen molar-refractivity contribution in [3.05, 3.63) is 28.5 Å². The number of imidazole rings is 1. The summed E-state index contributed by atoms with van der Waals surface area (Å²) in [4.78, 5) is 4.27. The Labute approximate surface area is 99.4 Å². The Hall–Kier alpha value is -0.970. The van der Waals surface area contributed by atoms with Gasteiger partial charge in [0, 0.05) is 17.9 Å². The van der Waals surface area contributed by atoms with Gasteiger partial charge in [0.1, 0.15) is 5.82 Å². The predicted octanol–water partition coefficient (Wildman–Crippen LogP) is 3.46. The summed E-state index contributed by atoms with van der Waals surface area (Å²) >= 11 is 3.36. The normalized spacial score (nSPS) is 22.6. The van der Waals surface area contributed by atoms with Crippen LogP contribution in [0.4, 0.5) is 8.78 Å². The molecule has 0 N–H and O–H groups in total. The van der Waals surface area contributed by atoms with Gasteiger partial charge in [0.2, 0.25) is 0 Å². The van der Waals surface area contributed by atoms with E-state index < -0.39 is 11.8 Å². The Balaban J connectivity index is 2.17. The van der Waals surface area contributed by atoms with Gasteiger partial charge in [-0.05, 0) is 18.2 Å². The maximum Gasteiger partial charge on any atom is 0.259 e. The quantitative estimate of drug-likeness (QED) is 0.785. The van der Waals surface area contributed by atoms with Gasteiger partial charge in [0.05, 0.1) is 17.0 Å². The van der Waals surface area contributed by atoms with Crippen LogP contribution in [0.5, 0.6) is 0 Å². The molecule has 1 aromatic carbocycles. The van der Waals surface area contributed by atoms with Gasteiger partial charge in [-0.3, -0.25) is 0 Å². The highest BCUT2D eigenvalue weighted by atomic mass is 79.9. The fourth-order valence-electron chi connectivity index (χ4n) is 1.99. The fraction of sp³-hybridized carbons (Fsp3) is 0.364. The molecular weight excluding hydrogens is 278 g/mol. The Morgan fingerprint density at radius 2 is 2.19 bits per heavy atom. The van der Waals surface area contributed by atoms with Crippen LogP contribution in [-0.4, -0.2) is 15.5 Å². The molecule has 1 atom stereocenters. The van der Waals surface area contributed by atoms with E-state index in [0.717, 1.165) is 15.5 Å². The summed E-state index contributed by atoms with van der Waals surface area (Å²) in [5.41, 5.74) is 1.65. The van der Waals surface area contributed by atoms with Crippen LogP contribution in [0.15, 0.2) is 22.7 Å². The molecule has 1 heterocycles. The van der Waals surface area contributed by atoms with Gasteiger partial charge in [-0.2, -0.15) is 0 Å². The summed E-state index contributed by atoms with van der Waals surface area (Å²) in [5, 5.41) is 0. The highest BCUT2D eigenvalue weighted by molar-refractivity contribution is 9.10. The molecule has 2 aromatic rings. The minimum atomic E-state index is -2.56. The van der Waals surface area contributed by atoms with Gasteiger partial charge in [0.25, 0.3) is 5.92 Å². The minimum absolute atomic E-state index is 0.0780. The average molecular weight is 287 g/mol. The third kappa shape index (κ3) is 1.38. The van der Waals surface area contributed by atoms with Crippen LogP contribution in [0.2, 0.25) is 0 Å². The molecule has 0 bridgehead atoms. The van der Waals surface area contributed by atoms with Crippen LogP contribution in [0, 0.1) is 0 Å². The molecule has 5 heteroatoms. The summed E-state index contributed by atoms with van der Waals surface area (Å²) < 4.78 is 28.7. The van der Waals surface area contributed by atoms with Crippen LogP contribution >= 0.6 is 15.9 Å². The van der Waals surface area contributed by atoms with Crippen LogP contribution in [0.25, 0.3) is 11.0 Å². The number of halogens is 3. The van der Waals surface area contributed by atoms with Crippen molar-refractivity contribution in [1.82, 2.24) is 9.55 Å². The smallest absolute Gasteiger partial charge is 0.259 e. The van der Waals surface area contributed by atoms with Crippen molar-refractivity contribution in [3.8, 4) is 0 Å². The highest BCUT2D eigenvalue weighted by Gasteiger charge is 2.59. The second-order valence-electron chi connectivity index (χ2n) is 4.18. The molecule has 16 heavy (non-hydrogen) atoms. The summed E-state index contributed by atoms with van der Waals surface area (Å²) in [6.07, 6.45) is -0.0780. The molecule has 3 rings (SSSR count). The lowest BCUT2D eigenvalue weighted by atomic mass is 10.3. The topological polar surface area (TPSA) is 17.8 Å². The second-order valence-corrected chi connectivity index (χ2v) is 5.10. The number of rotatable bonds is 1. The standard InChI is InChI=1S/C11H9BrF2N2/c1-16-9-4-6(12)2-3-8(9)15-10(16)7-5-11(7,13)14/h2-4,7H,5H2,1H3/t7-/m1/s1. The van der Waals surface area contributed by atoms with Gasteiger partial charge in [-0.25, -0.2) is 13.8 Å².